The molecule has 1 aromatic carbocycles. The summed E-state index contributed by atoms with van der Waals surface area (Å²) in [6.45, 7) is 7.98. The molecule has 2 fully saturated rings. The molecule has 0 radical (unpaired) electrons. The number of aryl methyl sites for hydroxylation is 1. The van der Waals surface area contributed by atoms with Crippen LogP contribution in [0.25, 0.3) is 0 Å². The fourth-order valence-electron chi connectivity index (χ4n) is 4.16. The van der Waals surface area contributed by atoms with E-state index in [2.05, 4.69) is 28.9 Å². The van der Waals surface area contributed by atoms with Crippen molar-refractivity contribution >= 4 is 5.97 Å². The van der Waals surface area contributed by atoms with Gasteiger partial charge in [-0.15, -0.1) is 0 Å². The van der Waals surface area contributed by atoms with Gasteiger partial charge in [0, 0.05) is 38.1 Å². The van der Waals surface area contributed by atoms with E-state index < -0.39 is 5.97 Å². The number of ether oxygens (including phenoxy) is 3. The Balaban J connectivity index is 1.53. The molecule has 2 bridgehead atoms. The Morgan fingerprint density at radius 1 is 1.15 bits per heavy atom. The molecule has 26 heavy (non-hydrogen) atoms. The number of fused-ring (bicyclic) bond motifs is 4. The quantitative estimate of drug-likeness (QED) is 0.856. The van der Waals surface area contributed by atoms with E-state index in [1.807, 2.05) is 0 Å². The van der Waals surface area contributed by atoms with Gasteiger partial charge in [0.05, 0.1) is 19.8 Å². The number of carboxylic acids is 1. The maximum Gasteiger partial charge on any atom is 0.317 e. The van der Waals surface area contributed by atoms with E-state index in [-0.39, 0.29) is 12.6 Å². The molecule has 4 rings (SSSR count). The average Bonchev–Trinajstić information content (AvgIpc) is 2.85. The number of hydrogen-bond acceptors (Lipinski definition) is 6. The number of carboxylic acid groups (broad SMARTS) is 1. The summed E-state index contributed by atoms with van der Waals surface area (Å²) < 4.78 is 17.3. The summed E-state index contributed by atoms with van der Waals surface area (Å²) >= 11 is 0. The molecule has 1 aromatic rings. The molecule has 1 N–H and O–H groups in total. The van der Waals surface area contributed by atoms with E-state index in [1.54, 1.807) is 0 Å². The van der Waals surface area contributed by atoms with E-state index in [0.717, 1.165) is 37.7 Å². The van der Waals surface area contributed by atoms with Gasteiger partial charge in [-0.25, -0.2) is 0 Å². The van der Waals surface area contributed by atoms with Crippen LogP contribution in [0.2, 0.25) is 0 Å². The van der Waals surface area contributed by atoms with Crippen LogP contribution in [0.1, 0.15) is 11.1 Å². The summed E-state index contributed by atoms with van der Waals surface area (Å²) in [6.07, 6.45) is 0. The second kappa shape index (κ2) is 7.42. The van der Waals surface area contributed by atoms with Gasteiger partial charge < -0.3 is 19.3 Å². The molecule has 3 heterocycles. The molecule has 2 saturated heterocycles. The molecule has 142 valence electrons. The van der Waals surface area contributed by atoms with Crippen molar-refractivity contribution in [3.05, 3.63) is 23.3 Å². The number of nitrogens with zero attached hydrogens (tertiary/aromatic N) is 2. The van der Waals surface area contributed by atoms with Crippen LogP contribution in [-0.2, 0) is 16.1 Å². The van der Waals surface area contributed by atoms with Crippen molar-refractivity contribution in [2.45, 2.75) is 19.5 Å². The highest BCUT2D eigenvalue weighted by atomic mass is 16.6. The third-order valence-corrected chi connectivity index (χ3v) is 5.39. The molecule has 0 saturated carbocycles. The first-order valence-electron chi connectivity index (χ1n) is 9.23. The van der Waals surface area contributed by atoms with Crippen LogP contribution in [0, 0.1) is 12.8 Å². The molecular weight excluding hydrogens is 336 g/mol. The Bertz CT molecular complexity index is 680. The zero-order valence-corrected chi connectivity index (χ0v) is 15.1. The van der Waals surface area contributed by atoms with Crippen LogP contribution in [0.5, 0.6) is 11.5 Å². The number of rotatable bonds is 4. The topological polar surface area (TPSA) is 71.5 Å². The lowest BCUT2D eigenvalue weighted by Gasteiger charge is -2.31. The molecule has 0 aliphatic carbocycles. The van der Waals surface area contributed by atoms with Gasteiger partial charge >= 0.3 is 5.97 Å². The zero-order valence-electron chi connectivity index (χ0n) is 15.1. The van der Waals surface area contributed by atoms with Crippen molar-refractivity contribution in [1.29, 1.82) is 0 Å². The van der Waals surface area contributed by atoms with E-state index in [4.69, 9.17) is 19.3 Å². The zero-order chi connectivity index (χ0) is 18.1. The number of carbonyl (C=O) groups is 1. The van der Waals surface area contributed by atoms with Crippen molar-refractivity contribution in [2.75, 3.05) is 52.6 Å². The summed E-state index contributed by atoms with van der Waals surface area (Å²) in [5.41, 5.74) is 2.42. The van der Waals surface area contributed by atoms with E-state index in [1.165, 1.54) is 11.1 Å². The minimum Gasteiger partial charge on any atom is -0.486 e. The van der Waals surface area contributed by atoms with Gasteiger partial charge in [0.25, 0.3) is 0 Å². The van der Waals surface area contributed by atoms with Crippen molar-refractivity contribution in [1.82, 2.24) is 9.80 Å². The van der Waals surface area contributed by atoms with Crippen molar-refractivity contribution < 1.29 is 24.1 Å². The Hall–Kier alpha value is -1.83. The van der Waals surface area contributed by atoms with Crippen LogP contribution in [-0.4, -0.2) is 79.5 Å². The molecule has 0 aromatic heterocycles. The fraction of sp³-hybridized carbons (Fsp3) is 0.632. The highest BCUT2D eigenvalue weighted by Crippen LogP contribution is 2.34. The van der Waals surface area contributed by atoms with Crippen LogP contribution in [0.3, 0.4) is 0 Å². The molecule has 7 heteroatoms. The van der Waals surface area contributed by atoms with E-state index in [0.29, 0.717) is 32.3 Å². The highest BCUT2D eigenvalue weighted by molar-refractivity contribution is 5.69. The van der Waals surface area contributed by atoms with E-state index >= 15 is 0 Å². The molecule has 2 atom stereocenters. The Morgan fingerprint density at radius 2 is 1.92 bits per heavy atom. The average molecular weight is 362 g/mol. The monoisotopic (exact) mass is 362 g/mol. The molecule has 3 aliphatic rings. The van der Waals surface area contributed by atoms with Gasteiger partial charge in [-0.1, -0.05) is 0 Å². The summed E-state index contributed by atoms with van der Waals surface area (Å²) in [6, 6.07) is 4.35. The third kappa shape index (κ3) is 3.79. The molecular formula is C19H26N2O5. The Morgan fingerprint density at radius 3 is 2.69 bits per heavy atom. The lowest BCUT2D eigenvalue weighted by molar-refractivity contribution is -0.138. The molecule has 0 spiro atoms. The molecule has 3 aliphatic heterocycles. The van der Waals surface area contributed by atoms with Crippen molar-refractivity contribution in [3.63, 3.8) is 0 Å². The summed E-state index contributed by atoms with van der Waals surface area (Å²) in [5, 5.41) is 9.16. The predicted octanol–water partition coefficient (Wildman–Crippen LogP) is 0.983. The summed E-state index contributed by atoms with van der Waals surface area (Å²) in [4.78, 5) is 15.6. The van der Waals surface area contributed by atoms with E-state index in [9.17, 15) is 4.79 Å². The number of aliphatic carboxylic acids is 1. The predicted molar refractivity (Wildman–Crippen MR) is 94.8 cm³/mol. The third-order valence-electron chi connectivity index (χ3n) is 5.39. The van der Waals surface area contributed by atoms with Gasteiger partial charge in [0.1, 0.15) is 13.2 Å². The first-order chi connectivity index (χ1) is 12.6. The molecule has 7 nitrogen and oxygen atoms in total. The Kier molecular flexibility index (Phi) is 5.02. The normalized spacial score (nSPS) is 26.3. The standard InChI is InChI=1S/C19H26N2O5/c1-13-4-17-18(26-3-2-25-17)5-15(13)8-21-7-14-6-20(10-19(22)23)9-16(21)12-24-11-14/h4-5,14,16H,2-3,6-12H2,1H3,(H,22,23)/t14-,16-/m0/s1. The maximum atomic E-state index is 11.1. The van der Waals surface area contributed by atoms with Crippen LogP contribution in [0.15, 0.2) is 12.1 Å². The number of hydrogen-bond donors (Lipinski definition) is 1. The number of benzene rings is 1. The largest absolute Gasteiger partial charge is 0.486 e. The van der Waals surface area contributed by atoms with Gasteiger partial charge in [-0.2, -0.15) is 0 Å². The van der Waals surface area contributed by atoms with Gasteiger partial charge in [0.2, 0.25) is 0 Å². The second-order valence-electron chi connectivity index (χ2n) is 7.50. The highest BCUT2D eigenvalue weighted by Gasteiger charge is 2.34. The second-order valence-corrected chi connectivity index (χ2v) is 7.50. The van der Waals surface area contributed by atoms with Gasteiger partial charge in [0.15, 0.2) is 11.5 Å². The van der Waals surface area contributed by atoms with Crippen LogP contribution >= 0.6 is 0 Å². The van der Waals surface area contributed by atoms with Crippen LogP contribution < -0.4 is 9.47 Å². The van der Waals surface area contributed by atoms with Crippen molar-refractivity contribution in [2.24, 2.45) is 5.92 Å². The fourth-order valence-corrected chi connectivity index (χ4v) is 4.16. The minimum absolute atomic E-state index is 0.101. The van der Waals surface area contributed by atoms with Crippen molar-refractivity contribution in [3.8, 4) is 11.5 Å². The van der Waals surface area contributed by atoms with Crippen LogP contribution in [0.4, 0.5) is 0 Å². The minimum atomic E-state index is -0.764. The SMILES string of the molecule is Cc1cc2c(cc1CN1C[C@H]3COC[C@@H]1CN(CC(=O)O)C3)OCCO2. The smallest absolute Gasteiger partial charge is 0.317 e. The Labute approximate surface area is 153 Å². The summed E-state index contributed by atoms with van der Waals surface area (Å²) in [7, 11) is 0. The first-order valence-corrected chi connectivity index (χ1v) is 9.23. The molecule has 0 unspecified atom stereocenters. The molecule has 0 amide bonds. The maximum absolute atomic E-state index is 11.1. The lowest BCUT2D eigenvalue weighted by Crippen LogP contribution is -2.45. The van der Waals surface area contributed by atoms with Gasteiger partial charge in [-0.3, -0.25) is 14.6 Å². The van der Waals surface area contributed by atoms with Gasteiger partial charge in [-0.05, 0) is 30.2 Å². The first kappa shape index (κ1) is 17.6. The summed E-state index contributed by atoms with van der Waals surface area (Å²) in [5.74, 6) is 1.21. The lowest BCUT2D eigenvalue weighted by atomic mass is 10.0.